The number of nitrogens with zero attached hydrogens (tertiary/aromatic N) is 1. The second kappa shape index (κ2) is 10.2. The molecule has 0 aromatic rings. The molecule has 1 amide bonds. The summed E-state index contributed by atoms with van der Waals surface area (Å²) >= 11 is 0. The van der Waals surface area contributed by atoms with Gasteiger partial charge in [0.15, 0.2) is 0 Å². The van der Waals surface area contributed by atoms with Gasteiger partial charge >= 0.3 is 0 Å². The molecule has 2 unspecified atom stereocenters. The summed E-state index contributed by atoms with van der Waals surface area (Å²) in [5.41, 5.74) is 5.84. The van der Waals surface area contributed by atoms with E-state index >= 15 is 0 Å². The SMILES string of the molecule is COCCCC(N)C(=O)NCC(CC(C)C)N(C)C. The van der Waals surface area contributed by atoms with Gasteiger partial charge in [-0.3, -0.25) is 4.79 Å². The molecule has 0 bridgehead atoms. The summed E-state index contributed by atoms with van der Waals surface area (Å²) in [6.45, 7) is 5.68. The third-order valence-electron chi connectivity index (χ3n) is 3.19. The van der Waals surface area contributed by atoms with Crippen molar-refractivity contribution in [3.63, 3.8) is 0 Å². The van der Waals surface area contributed by atoms with Crippen LogP contribution in [0.4, 0.5) is 0 Å². The van der Waals surface area contributed by atoms with Gasteiger partial charge in [0.2, 0.25) is 5.91 Å². The maximum absolute atomic E-state index is 11.9. The van der Waals surface area contributed by atoms with E-state index in [2.05, 4.69) is 24.1 Å². The lowest BCUT2D eigenvalue weighted by molar-refractivity contribution is -0.122. The lowest BCUT2D eigenvalue weighted by Gasteiger charge is -2.26. The van der Waals surface area contributed by atoms with Crippen LogP contribution in [-0.2, 0) is 9.53 Å². The van der Waals surface area contributed by atoms with Crippen LogP contribution in [0.2, 0.25) is 0 Å². The molecule has 114 valence electrons. The molecule has 0 spiro atoms. The molecule has 0 aromatic heterocycles. The molecule has 0 rings (SSSR count). The van der Waals surface area contributed by atoms with Crippen LogP contribution in [-0.4, -0.2) is 57.2 Å². The van der Waals surface area contributed by atoms with E-state index in [9.17, 15) is 4.79 Å². The number of ether oxygens (including phenoxy) is 1. The largest absolute Gasteiger partial charge is 0.385 e. The molecule has 0 saturated heterocycles. The van der Waals surface area contributed by atoms with Crippen molar-refractivity contribution in [1.82, 2.24) is 10.2 Å². The fourth-order valence-corrected chi connectivity index (χ4v) is 1.95. The van der Waals surface area contributed by atoms with Crippen molar-refractivity contribution in [2.75, 3.05) is 34.4 Å². The number of carbonyl (C=O) groups is 1. The number of likely N-dealkylation sites (N-methyl/N-ethyl adjacent to an activating group) is 1. The Morgan fingerprint density at radius 1 is 1.37 bits per heavy atom. The zero-order valence-corrected chi connectivity index (χ0v) is 13.1. The lowest BCUT2D eigenvalue weighted by atomic mass is 10.0. The van der Waals surface area contributed by atoms with Crippen LogP contribution in [0.5, 0.6) is 0 Å². The number of nitrogens with one attached hydrogen (secondary N) is 1. The summed E-state index contributed by atoms with van der Waals surface area (Å²) in [6.07, 6.45) is 2.54. The first-order valence-electron chi connectivity index (χ1n) is 7.07. The summed E-state index contributed by atoms with van der Waals surface area (Å²) in [6, 6.07) is -0.0767. The van der Waals surface area contributed by atoms with E-state index in [4.69, 9.17) is 10.5 Å². The van der Waals surface area contributed by atoms with Crippen LogP contribution < -0.4 is 11.1 Å². The molecule has 0 heterocycles. The van der Waals surface area contributed by atoms with Crippen molar-refractivity contribution in [1.29, 1.82) is 0 Å². The van der Waals surface area contributed by atoms with Crippen molar-refractivity contribution < 1.29 is 9.53 Å². The fraction of sp³-hybridized carbons (Fsp3) is 0.929. The van der Waals surface area contributed by atoms with E-state index in [1.807, 2.05) is 14.1 Å². The molecule has 2 atom stereocenters. The van der Waals surface area contributed by atoms with Gasteiger partial charge in [-0.1, -0.05) is 13.8 Å². The van der Waals surface area contributed by atoms with E-state index in [0.29, 0.717) is 31.5 Å². The second-order valence-electron chi connectivity index (χ2n) is 5.73. The van der Waals surface area contributed by atoms with Gasteiger partial charge in [0, 0.05) is 26.3 Å². The van der Waals surface area contributed by atoms with Gasteiger partial charge in [0.05, 0.1) is 6.04 Å². The topological polar surface area (TPSA) is 67.6 Å². The van der Waals surface area contributed by atoms with Crippen LogP contribution >= 0.6 is 0 Å². The van der Waals surface area contributed by atoms with Crippen LogP contribution in [0.25, 0.3) is 0 Å². The summed E-state index contributed by atoms with van der Waals surface area (Å²) in [5, 5.41) is 2.95. The lowest BCUT2D eigenvalue weighted by Crippen LogP contribution is -2.46. The quantitative estimate of drug-likeness (QED) is 0.579. The molecule has 19 heavy (non-hydrogen) atoms. The minimum Gasteiger partial charge on any atom is -0.385 e. The van der Waals surface area contributed by atoms with Gasteiger partial charge in [-0.15, -0.1) is 0 Å². The first-order chi connectivity index (χ1) is 8.88. The standard InChI is InChI=1S/C14H31N3O2/c1-11(2)9-12(17(3)4)10-16-14(18)13(15)7-6-8-19-5/h11-13H,6-10,15H2,1-5H3,(H,16,18). The third-order valence-corrected chi connectivity index (χ3v) is 3.19. The number of carbonyl (C=O) groups excluding carboxylic acids is 1. The molecular formula is C14H31N3O2. The third kappa shape index (κ3) is 8.97. The van der Waals surface area contributed by atoms with Crippen LogP contribution in [0, 0.1) is 5.92 Å². The van der Waals surface area contributed by atoms with Crippen molar-refractivity contribution >= 4 is 5.91 Å². The number of methoxy groups -OCH3 is 1. The Kier molecular flexibility index (Phi) is 9.83. The molecule has 0 radical (unpaired) electrons. The normalized spacial score (nSPS) is 14.7. The molecule has 0 aromatic carbocycles. The van der Waals surface area contributed by atoms with Gasteiger partial charge in [0.25, 0.3) is 0 Å². The van der Waals surface area contributed by atoms with Crippen LogP contribution in [0.1, 0.15) is 33.1 Å². The number of rotatable bonds is 10. The molecule has 0 aliphatic rings. The average molecular weight is 273 g/mol. The summed E-state index contributed by atoms with van der Waals surface area (Å²) in [7, 11) is 5.73. The number of nitrogens with two attached hydrogens (primary N) is 1. The highest BCUT2D eigenvalue weighted by Crippen LogP contribution is 2.08. The van der Waals surface area contributed by atoms with Crippen LogP contribution in [0.15, 0.2) is 0 Å². The molecule has 0 aliphatic carbocycles. The zero-order valence-electron chi connectivity index (χ0n) is 13.1. The number of hydrogen-bond acceptors (Lipinski definition) is 4. The second-order valence-corrected chi connectivity index (χ2v) is 5.73. The highest BCUT2D eigenvalue weighted by molar-refractivity contribution is 5.81. The summed E-state index contributed by atoms with van der Waals surface area (Å²) < 4.78 is 4.95. The molecule has 3 N–H and O–H groups in total. The van der Waals surface area contributed by atoms with Gasteiger partial charge in [-0.05, 0) is 39.3 Å². The highest BCUT2D eigenvalue weighted by atomic mass is 16.5. The van der Waals surface area contributed by atoms with E-state index < -0.39 is 6.04 Å². The Morgan fingerprint density at radius 2 is 2.00 bits per heavy atom. The van der Waals surface area contributed by atoms with Crippen molar-refractivity contribution in [2.24, 2.45) is 11.7 Å². The van der Waals surface area contributed by atoms with E-state index in [1.165, 1.54) is 0 Å². The summed E-state index contributed by atoms with van der Waals surface area (Å²) in [5.74, 6) is 0.548. The molecule has 0 aliphatic heterocycles. The van der Waals surface area contributed by atoms with Crippen molar-refractivity contribution in [3.8, 4) is 0 Å². The Bertz CT molecular complexity index is 245. The zero-order chi connectivity index (χ0) is 14.8. The van der Waals surface area contributed by atoms with Gasteiger partial charge in [0.1, 0.15) is 0 Å². The maximum Gasteiger partial charge on any atom is 0.236 e. The van der Waals surface area contributed by atoms with Gasteiger partial charge in [-0.2, -0.15) is 0 Å². The van der Waals surface area contributed by atoms with Gasteiger partial charge < -0.3 is 20.7 Å². The Morgan fingerprint density at radius 3 is 2.47 bits per heavy atom. The fourth-order valence-electron chi connectivity index (χ4n) is 1.95. The smallest absolute Gasteiger partial charge is 0.236 e. The highest BCUT2D eigenvalue weighted by Gasteiger charge is 2.17. The van der Waals surface area contributed by atoms with Crippen molar-refractivity contribution in [2.45, 2.75) is 45.2 Å². The monoisotopic (exact) mass is 273 g/mol. The molecular weight excluding hydrogens is 242 g/mol. The maximum atomic E-state index is 11.9. The van der Waals surface area contributed by atoms with Crippen LogP contribution in [0.3, 0.4) is 0 Å². The molecule has 5 heteroatoms. The minimum atomic E-state index is -0.433. The first kappa shape index (κ1) is 18.4. The van der Waals surface area contributed by atoms with E-state index in [1.54, 1.807) is 7.11 Å². The predicted molar refractivity (Wildman–Crippen MR) is 79.0 cm³/mol. The van der Waals surface area contributed by atoms with E-state index in [0.717, 1.165) is 12.8 Å². The first-order valence-corrected chi connectivity index (χ1v) is 7.07. The average Bonchev–Trinajstić information content (AvgIpc) is 2.33. The minimum absolute atomic E-state index is 0.0632. The molecule has 5 nitrogen and oxygen atoms in total. The number of hydrogen-bond donors (Lipinski definition) is 2. The number of amides is 1. The Hall–Kier alpha value is -0.650. The van der Waals surface area contributed by atoms with E-state index in [-0.39, 0.29) is 5.91 Å². The molecule has 0 saturated carbocycles. The Labute approximate surface area is 117 Å². The van der Waals surface area contributed by atoms with Crippen molar-refractivity contribution in [3.05, 3.63) is 0 Å². The Balaban J connectivity index is 4.02. The summed E-state index contributed by atoms with van der Waals surface area (Å²) in [4.78, 5) is 14.0. The predicted octanol–water partition coefficient (Wildman–Crippen LogP) is 0.833. The van der Waals surface area contributed by atoms with Gasteiger partial charge in [-0.25, -0.2) is 0 Å². The molecule has 0 fully saturated rings.